The van der Waals surface area contributed by atoms with Crippen LogP contribution >= 0.6 is 0 Å². The molecule has 3 aromatic heterocycles. The van der Waals surface area contributed by atoms with Crippen LogP contribution < -0.4 is 0 Å². The first-order valence-corrected chi connectivity index (χ1v) is 36.1. The van der Waals surface area contributed by atoms with Crippen molar-refractivity contribution in [3.63, 3.8) is 0 Å². The van der Waals surface area contributed by atoms with Crippen LogP contribution in [0.5, 0.6) is 0 Å². The molecule has 0 aliphatic carbocycles. The first-order valence-electron chi connectivity index (χ1n) is 36.1. The Morgan fingerprint density at radius 3 is 0.964 bits per heavy atom. The van der Waals surface area contributed by atoms with Gasteiger partial charge in [-0.15, -0.1) is 106 Å². The van der Waals surface area contributed by atoms with E-state index < -0.39 is 0 Å². The monoisotopic (exact) mass is 1990 g/mol. The van der Waals surface area contributed by atoms with E-state index in [4.69, 9.17) is 44.7 Å². The second-order valence-corrected chi connectivity index (χ2v) is 30.6. The molecule has 0 spiro atoms. The number of rotatable bonds is 6. The Bertz CT molecular complexity index is 5920. The molecular formula is C98H97Ir3N3O6. The summed E-state index contributed by atoms with van der Waals surface area (Å²) in [5.74, 6) is 0.750. The van der Waals surface area contributed by atoms with Gasteiger partial charge >= 0.3 is 17.3 Å². The van der Waals surface area contributed by atoms with E-state index in [0.29, 0.717) is 0 Å². The van der Waals surface area contributed by atoms with Crippen LogP contribution in [-0.2, 0) is 76.6 Å². The van der Waals surface area contributed by atoms with E-state index in [1.54, 1.807) is 0 Å². The molecule has 15 rings (SSSR count). The number of hydrogen-bond acceptors (Lipinski definition) is 6. The first-order chi connectivity index (χ1) is 50.7. The van der Waals surface area contributed by atoms with Crippen LogP contribution in [0, 0.1) is 32.0 Å². The minimum absolute atomic E-state index is 0. The van der Waals surface area contributed by atoms with Crippen LogP contribution in [0.1, 0.15) is 132 Å². The van der Waals surface area contributed by atoms with Gasteiger partial charge < -0.3 is 30.3 Å². The van der Waals surface area contributed by atoms with Crippen molar-refractivity contribution in [2.75, 3.05) is 0 Å². The van der Waals surface area contributed by atoms with Crippen molar-refractivity contribution < 1.29 is 90.0 Å². The Morgan fingerprint density at radius 2 is 0.582 bits per heavy atom. The second kappa shape index (κ2) is 37.6. The number of aryl methyl sites for hydroxylation is 2. The summed E-state index contributed by atoms with van der Waals surface area (Å²) in [5, 5.41) is 47.9. The summed E-state index contributed by atoms with van der Waals surface area (Å²) in [7, 11) is 0. The number of fused-ring (bicyclic) bond motifs is 15. The fourth-order valence-electron chi connectivity index (χ4n) is 13.4. The van der Waals surface area contributed by atoms with Crippen LogP contribution in [0.15, 0.2) is 260 Å². The Kier molecular flexibility index (Phi) is 29.8. The summed E-state index contributed by atoms with van der Waals surface area (Å²) >= 11 is 0. The number of carbonyl (C=O) groups excluding carboxylic acids is 3. The molecule has 110 heavy (non-hydrogen) atoms. The van der Waals surface area contributed by atoms with E-state index in [9.17, 15) is 0 Å². The third kappa shape index (κ3) is 21.5. The van der Waals surface area contributed by atoms with Gasteiger partial charge in [-0.1, -0.05) is 210 Å². The maximum atomic E-state index is 8.40. The van der Waals surface area contributed by atoms with Gasteiger partial charge in [0.05, 0.1) is 56.3 Å². The van der Waals surface area contributed by atoms with Gasteiger partial charge in [0.1, 0.15) is 0 Å². The standard InChI is InChI=1S/2C28H24N.C27H22N.3C5H8O2.3Ir/c1-18-6-5-7-20(16-18)27-26-13-12-23-22-11-9-21(28(2,3)4)17-19(22)8-10-24(23)25(26)14-15-29-27;1-18-6-5-7-20(16-18)27-25-13-12-23-22(24(25)14-15-29-27)11-9-19-8-10-21(17-26(19)23)28(2,3)4;1-27(2,3)20-9-6-8-19(17-20)26-25-14-13-22-21-10-5-4-7-18(21)11-12-23(22)24(25)15-16-28-26;3*1-4(6)3-5(2)7;;;/h2*5-6,8-17H,1-4H3;4-7,9-17H,1-3H3;3*3,6H,1-2H3;;;/q3*-1;;;;;;/p+3. The SMILES string of the molecule is CC(=[OH+])C=C(C)O.CC(=[OH+])C=C(C)O.CC(=[OH+])C=C(C)O.CC(C)(C)c1cc[c-]c(-c2nccc3c2ccc2c4ccccc4ccc32)c1.Cc1cc[c-]c(-c2nccc3c2ccc2c4cc(C(C)(C)C)ccc4ccc32)c1.Cc1cc[c-]c(-c2nccc3c2ccc2c4ccc(C(C)(C)C)cc4ccc32)c1.[Ir].[Ir].[Ir]. The van der Waals surface area contributed by atoms with Crippen LogP contribution in [0.25, 0.3) is 131 Å². The number of hydrogen-bond donors (Lipinski definition) is 3. The topological polar surface area (TPSA) is 164 Å². The van der Waals surface area contributed by atoms with Crippen molar-refractivity contribution in [1.82, 2.24) is 15.0 Å². The number of aliphatic hydroxyl groups is 3. The van der Waals surface area contributed by atoms with Gasteiger partial charge in [-0.25, -0.2) is 0 Å². The molecule has 0 aliphatic heterocycles. The molecule has 567 valence electrons. The summed E-state index contributed by atoms with van der Waals surface area (Å²) in [6.07, 6.45) is 9.59. The Labute approximate surface area is 687 Å². The van der Waals surface area contributed by atoms with E-state index in [1.807, 2.05) is 36.8 Å². The second-order valence-electron chi connectivity index (χ2n) is 30.6. The zero-order chi connectivity index (χ0) is 77.2. The molecular weight excluding hydrogens is 1890 g/mol. The number of ketones is 3. The normalized spacial score (nSPS) is 11.7. The zero-order valence-corrected chi connectivity index (χ0v) is 72.8. The van der Waals surface area contributed by atoms with Gasteiger partial charge in [0.25, 0.3) is 0 Å². The largest absolute Gasteiger partial charge is 0.512 e. The molecule has 3 radical (unpaired) electrons. The number of aliphatic hydroxyl groups excluding tert-OH is 3. The van der Waals surface area contributed by atoms with Gasteiger partial charge in [0.2, 0.25) is 0 Å². The molecule has 0 saturated heterocycles. The summed E-state index contributed by atoms with van der Waals surface area (Å²) in [4.78, 5) is 39.3. The van der Waals surface area contributed by atoms with Crippen molar-refractivity contribution in [2.45, 2.75) is 134 Å². The van der Waals surface area contributed by atoms with Crippen molar-refractivity contribution >= 4 is 114 Å². The average molecular weight is 1990 g/mol. The fourth-order valence-corrected chi connectivity index (χ4v) is 13.4. The van der Waals surface area contributed by atoms with E-state index in [0.717, 1.165) is 33.8 Å². The van der Waals surface area contributed by atoms with Crippen molar-refractivity contribution in [1.29, 1.82) is 0 Å². The van der Waals surface area contributed by atoms with Crippen LogP contribution in [0.2, 0.25) is 0 Å². The zero-order valence-electron chi connectivity index (χ0n) is 65.6. The van der Waals surface area contributed by atoms with E-state index >= 15 is 0 Å². The first kappa shape index (κ1) is 87.2. The molecule has 0 atom stereocenters. The molecule has 0 fully saturated rings. The molecule has 0 amide bonds. The minimum Gasteiger partial charge on any atom is -0.512 e. The summed E-state index contributed by atoms with van der Waals surface area (Å²) in [5.41, 5.74) is 13.0. The van der Waals surface area contributed by atoms with Crippen LogP contribution in [0.3, 0.4) is 0 Å². The van der Waals surface area contributed by atoms with E-state index in [-0.39, 0.29) is 111 Å². The average Bonchev–Trinajstić information content (AvgIpc) is 0.750. The predicted molar refractivity (Wildman–Crippen MR) is 456 cm³/mol. The molecule has 0 bridgehead atoms. The maximum Gasteiger partial charge on any atom is 0.316 e. The third-order valence-corrected chi connectivity index (χ3v) is 18.5. The maximum absolute atomic E-state index is 8.40. The van der Waals surface area contributed by atoms with Crippen LogP contribution in [-0.4, -0.2) is 62.0 Å². The summed E-state index contributed by atoms with van der Waals surface area (Å²) < 4.78 is 0. The molecule has 6 N–H and O–H groups in total. The number of nitrogens with zero attached hydrogens (tertiary/aromatic N) is 3. The van der Waals surface area contributed by atoms with Gasteiger partial charge in [0, 0.05) is 78.9 Å². The van der Waals surface area contributed by atoms with Gasteiger partial charge in [0.15, 0.2) is 0 Å². The Hall–Kier alpha value is -9.99. The smallest absolute Gasteiger partial charge is 0.316 e. The predicted octanol–water partition coefficient (Wildman–Crippen LogP) is 25.6. The Morgan fingerprint density at radius 1 is 0.300 bits per heavy atom. The summed E-state index contributed by atoms with van der Waals surface area (Å²) in [6, 6.07) is 84.5. The number of allylic oxidation sites excluding steroid dienone is 6. The van der Waals surface area contributed by atoms with Crippen molar-refractivity contribution in [2.24, 2.45) is 0 Å². The molecule has 0 unspecified atom stereocenters. The number of benzene rings is 12. The summed E-state index contributed by atoms with van der Waals surface area (Å²) in [6.45, 7) is 33.5. The number of aromatic nitrogens is 3. The van der Waals surface area contributed by atoms with E-state index in [1.165, 1.54) is 185 Å². The van der Waals surface area contributed by atoms with Gasteiger partial charge in [-0.3, -0.25) is 14.4 Å². The number of pyridine rings is 3. The van der Waals surface area contributed by atoms with Crippen molar-refractivity contribution in [3.05, 3.63) is 306 Å². The third-order valence-electron chi connectivity index (χ3n) is 18.5. The molecule has 12 heteroatoms. The van der Waals surface area contributed by atoms with Crippen LogP contribution in [0.4, 0.5) is 0 Å². The van der Waals surface area contributed by atoms with E-state index in [2.05, 4.69) is 282 Å². The molecule has 12 aromatic carbocycles. The molecule has 0 aliphatic rings. The Balaban J connectivity index is 0.000000200. The van der Waals surface area contributed by atoms with Gasteiger partial charge in [-0.2, -0.15) is 0 Å². The molecule has 15 aromatic rings. The minimum atomic E-state index is 0. The molecule has 3 heterocycles. The van der Waals surface area contributed by atoms with Crippen molar-refractivity contribution in [3.8, 4) is 33.8 Å². The van der Waals surface area contributed by atoms with Gasteiger partial charge in [-0.05, 0) is 180 Å². The quantitative estimate of drug-likeness (QED) is 0.0493. The molecule has 0 saturated carbocycles. The molecule has 9 nitrogen and oxygen atoms in total. The fraction of sp³-hybridized carbons (Fsp3) is 0.204.